The number of hydrogen-bond donors (Lipinski definition) is 1. The van der Waals surface area contributed by atoms with Gasteiger partial charge in [0.25, 0.3) is 0 Å². The molecule has 4 aliphatic heterocycles. The molecule has 4 heterocycles. The molecule has 0 saturated carbocycles. The number of benzene rings is 2. The summed E-state index contributed by atoms with van der Waals surface area (Å²) in [5.41, 5.74) is 0. The third-order valence-electron chi connectivity index (χ3n) is 7.92. The van der Waals surface area contributed by atoms with Crippen LogP contribution >= 0.6 is 23.2 Å². The second-order valence-electron chi connectivity index (χ2n) is 10.2. The summed E-state index contributed by atoms with van der Waals surface area (Å²) in [7, 11) is -7.09. The monoisotopic (exact) mass is 586 g/mol. The lowest BCUT2D eigenvalue weighted by Gasteiger charge is -2.51. The Morgan fingerprint density at radius 1 is 0.811 bits per heavy atom. The number of sulfonamides is 2. The van der Waals surface area contributed by atoms with E-state index >= 15 is 0 Å². The van der Waals surface area contributed by atoms with E-state index in [4.69, 9.17) is 23.2 Å². The van der Waals surface area contributed by atoms with Gasteiger partial charge in [-0.05, 0) is 79.8 Å². The molecule has 0 spiro atoms. The van der Waals surface area contributed by atoms with Crippen LogP contribution < -0.4 is 4.72 Å². The first-order valence-electron chi connectivity index (χ1n) is 12.6. The average molecular weight is 588 g/mol. The summed E-state index contributed by atoms with van der Waals surface area (Å²) < 4.78 is 55.7. The molecular formula is C25H32Cl2N4O4S2. The summed E-state index contributed by atoms with van der Waals surface area (Å²) >= 11 is 11.8. The van der Waals surface area contributed by atoms with Crippen molar-refractivity contribution in [2.24, 2.45) is 11.8 Å². The van der Waals surface area contributed by atoms with E-state index in [1.807, 2.05) is 0 Å². The Balaban J connectivity index is 1.11. The van der Waals surface area contributed by atoms with E-state index in [1.54, 1.807) is 40.7 Å². The number of halogens is 2. The van der Waals surface area contributed by atoms with Gasteiger partial charge < -0.3 is 4.90 Å². The zero-order valence-electron chi connectivity index (χ0n) is 20.5. The van der Waals surface area contributed by atoms with Crippen molar-refractivity contribution in [2.45, 2.75) is 28.7 Å². The minimum absolute atomic E-state index is 0.193. The molecule has 37 heavy (non-hydrogen) atoms. The van der Waals surface area contributed by atoms with Crippen molar-refractivity contribution in [2.75, 3.05) is 52.4 Å². The van der Waals surface area contributed by atoms with Crippen LogP contribution in [0.4, 0.5) is 0 Å². The van der Waals surface area contributed by atoms with Gasteiger partial charge in [0.05, 0.1) is 9.79 Å². The molecule has 4 atom stereocenters. The number of piperazine rings is 1. The summed E-state index contributed by atoms with van der Waals surface area (Å²) in [4.78, 5) is 5.29. The van der Waals surface area contributed by atoms with Gasteiger partial charge >= 0.3 is 0 Å². The summed E-state index contributed by atoms with van der Waals surface area (Å²) in [5, 5.41) is 1.02. The fourth-order valence-electron chi connectivity index (χ4n) is 5.81. The van der Waals surface area contributed by atoms with Gasteiger partial charge in [0, 0.05) is 61.9 Å². The van der Waals surface area contributed by atoms with Crippen molar-refractivity contribution in [3.05, 3.63) is 58.6 Å². The van der Waals surface area contributed by atoms with Crippen LogP contribution in [0, 0.1) is 11.8 Å². The van der Waals surface area contributed by atoms with E-state index in [0.717, 1.165) is 32.5 Å². The normalized spacial score (nSPS) is 27.4. The van der Waals surface area contributed by atoms with E-state index < -0.39 is 20.0 Å². The van der Waals surface area contributed by atoms with Crippen molar-refractivity contribution in [3.8, 4) is 0 Å². The van der Waals surface area contributed by atoms with Crippen molar-refractivity contribution < 1.29 is 16.8 Å². The molecule has 4 aliphatic rings. The molecule has 4 saturated heterocycles. The molecule has 0 radical (unpaired) electrons. The minimum Gasteiger partial charge on any atom is -0.300 e. The molecule has 6 rings (SSSR count). The summed E-state index contributed by atoms with van der Waals surface area (Å²) in [6.45, 7) is 5.64. The third kappa shape index (κ3) is 6.17. The number of hydrogen-bond acceptors (Lipinski definition) is 6. The van der Waals surface area contributed by atoms with Gasteiger partial charge in [-0.1, -0.05) is 23.2 Å². The Morgan fingerprint density at radius 2 is 1.41 bits per heavy atom. The molecule has 0 aromatic heterocycles. The fraction of sp³-hybridized carbons (Fsp3) is 0.520. The zero-order chi connectivity index (χ0) is 26.2. The number of nitrogens with zero attached hydrogens (tertiary/aromatic N) is 3. The molecule has 12 heteroatoms. The molecule has 0 aliphatic carbocycles. The van der Waals surface area contributed by atoms with Crippen LogP contribution in [0.2, 0.25) is 10.0 Å². The molecule has 8 nitrogen and oxygen atoms in total. The molecule has 2 bridgehead atoms. The van der Waals surface area contributed by atoms with Gasteiger partial charge in [-0.25, -0.2) is 21.6 Å². The van der Waals surface area contributed by atoms with Gasteiger partial charge in [0.2, 0.25) is 20.0 Å². The Morgan fingerprint density at radius 3 is 1.97 bits per heavy atom. The maximum absolute atomic E-state index is 13.0. The van der Waals surface area contributed by atoms with Crippen molar-refractivity contribution in [3.63, 3.8) is 0 Å². The number of rotatable bonds is 8. The second-order valence-corrected chi connectivity index (χ2v) is 14.7. The molecule has 202 valence electrons. The van der Waals surface area contributed by atoms with Crippen LogP contribution in [0.5, 0.6) is 0 Å². The Bertz CT molecular complexity index is 1300. The van der Waals surface area contributed by atoms with Crippen LogP contribution in [0.25, 0.3) is 0 Å². The van der Waals surface area contributed by atoms with Crippen LogP contribution in [0.3, 0.4) is 0 Å². The van der Waals surface area contributed by atoms with Crippen molar-refractivity contribution in [1.29, 1.82) is 0 Å². The molecule has 2 aromatic carbocycles. The summed E-state index contributed by atoms with van der Waals surface area (Å²) in [6.07, 6.45) is 2.09. The number of piperidine rings is 3. The highest BCUT2D eigenvalue weighted by Gasteiger charge is 2.41. The van der Waals surface area contributed by atoms with E-state index in [9.17, 15) is 16.8 Å². The predicted octanol–water partition coefficient (Wildman–Crippen LogP) is 2.99. The Labute approximate surface area is 229 Å². The van der Waals surface area contributed by atoms with Gasteiger partial charge in [0.15, 0.2) is 0 Å². The lowest BCUT2D eigenvalue weighted by atomic mass is 9.75. The van der Waals surface area contributed by atoms with Gasteiger partial charge in [-0.15, -0.1) is 0 Å². The van der Waals surface area contributed by atoms with Crippen LogP contribution in [0.15, 0.2) is 58.3 Å². The quantitative estimate of drug-likeness (QED) is 0.511. The van der Waals surface area contributed by atoms with Crippen LogP contribution in [-0.4, -0.2) is 89.3 Å². The maximum Gasteiger partial charge on any atom is 0.243 e. The molecule has 0 amide bonds. The van der Waals surface area contributed by atoms with E-state index in [-0.39, 0.29) is 15.8 Å². The Hall–Kier alpha value is -1.24. The van der Waals surface area contributed by atoms with E-state index in [2.05, 4.69) is 14.5 Å². The number of fused-ring (bicyclic) bond motifs is 3. The lowest BCUT2D eigenvalue weighted by Crippen LogP contribution is -2.59. The average Bonchev–Trinajstić information content (AvgIpc) is 2.89. The highest BCUT2D eigenvalue weighted by atomic mass is 35.5. The predicted molar refractivity (Wildman–Crippen MR) is 145 cm³/mol. The topological polar surface area (TPSA) is 90.0 Å². The molecular weight excluding hydrogens is 555 g/mol. The van der Waals surface area contributed by atoms with Gasteiger partial charge in [-0.3, -0.25) is 4.90 Å². The van der Waals surface area contributed by atoms with Crippen molar-refractivity contribution >= 4 is 43.2 Å². The lowest BCUT2D eigenvalue weighted by molar-refractivity contribution is -0.0133. The highest BCUT2D eigenvalue weighted by Crippen LogP contribution is 2.37. The SMILES string of the molecule is O=S(=O)(NC[C@H]1C[C@@H]2CCN1C[C@@H]2CN1CCN(S(=O)(=O)c2ccc(Cl)cc2)CC1)c1ccc(Cl)cc1. The molecule has 1 N–H and O–H groups in total. The first-order valence-corrected chi connectivity index (χ1v) is 16.3. The highest BCUT2D eigenvalue weighted by molar-refractivity contribution is 7.89. The molecule has 1 unspecified atom stereocenters. The summed E-state index contributed by atoms with van der Waals surface area (Å²) in [5.74, 6) is 1.06. The second kappa shape index (κ2) is 11.1. The van der Waals surface area contributed by atoms with Crippen LogP contribution in [-0.2, 0) is 20.0 Å². The minimum atomic E-state index is -3.57. The summed E-state index contributed by atoms with van der Waals surface area (Å²) in [6, 6.07) is 12.7. The largest absolute Gasteiger partial charge is 0.300 e. The van der Waals surface area contributed by atoms with E-state index in [1.165, 1.54) is 12.1 Å². The Kier molecular flexibility index (Phi) is 8.19. The van der Waals surface area contributed by atoms with Crippen LogP contribution in [0.1, 0.15) is 12.8 Å². The smallest absolute Gasteiger partial charge is 0.243 e. The number of nitrogens with one attached hydrogen (secondary N) is 1. The first kappa shape index (κ1) is 27.3. The zero-order valence-corrected chi connectivity index (χ0v) is 23.6. The van der Waals surface area contributed by atoms with Crippen molar-refractivity contribution in [1.82, 2.24) is 18.8 Å². The van der Waals surface area contributed by atoms with Gasteiger partial charge in [0.1, 0.15) is 0 Å². The third-order valence-corrected chi connectivity index (χ3v) is 11.8. The maximum atomic E-state index is 13.0. The fourth-order valence-corrected chi connectivity index (χ4v) is 8.56. The standard InChI is InChI=1S/C25H32Cl2N4O4S2/c26-21-1-5-24(6-2-21)36(32,33)28-16-23-15-19-9-10-30(23)18-20(19)17-29-11-13-31(14-12-29)37(34,35)25-7-3-22(27)4-8-25/h1-8,19-20,23,28H,9-18H2/t19-,20-,23+/m0/s1. The molecule has 2 aromatic rings. The van der Waals surface area contributed by atoms with Gasteiger partial charge in [-0.2, -0.15) is 4.31 Å². The first-order chi connectivity index (χ1) is 17.6. The molecule has 4 fully saturated rings. The van der Waals surface area contributed by atoms with E-state index in [0.29, 0.717) is 54.6 Å².